The number of amides is 1. The molecule has 2 saturated carbocycles. The molecule has 21 heavy (non-hydrogen) atoms. The summed E-state index contributed by atoms with van der Waals surface area (Å²) in [6.07, 6.45) is 7.45. The van der Waals surface area contributed by atoms with E-state index < -0.39 is 0 Å². The summed E-state index contributed by atoms with van der Waals surface area (Å²) in [5.74, 6) is 1.65. The summed E-state index contributed by atoms with van der Waals surface area (Å²) < 4.78 is 0. The second kappa shape index (κ2) is 8.80. The number of nitrogens with one attached hydrogen (secondary N) is 2. The lowest BCUT2D eigenvalue weighted by Crippen LogP contribution is -2.46. The Hall–Kier alpha value is -0.530. The van der Waals surface area contributed by atoms with Gasteiger partial charge in [0.1, 0.15) is 6.54 Å². The summed E-state index contributed by atoms with van der Waals surface area (Å²) in [5.41, 5.74) is 0. The van der Waals surface area contributed by atoms with Crippen LogP contribution in [0.4, 0.5) is 0 Å². The third-order valence-electron chi connectivity index (χ3n) is 4.07. The number of likely N-dealkylation sites (N-methyl/N-ethyl adjacent to an activating group) is 1. The monoisotopic (exact) mass is 408 g/mol. The molecule has 0 bridgehead atoms. The van der Waals surface area contributed by atoms with Crippen LogP contribution in [0.3, 0.4) is 0 Å². The van der Waals surface area contributed by atoms with Crippen molar-refractivity contribution in [2.75, 3.05) is 20.6 Å². The summed E-state index contributed by atoms with van der Waals surface area (Å²) in [7, 11) is 3.53. The van der Waals surface area contributed by atoms with E-state index in [2.05, 4.69) is 22.5 Å². The highest BCUT2D eigenvalue weighted by Gasteiger charge is 2.25. The SMILES string of the molecule is CC1CCCC(NC(=NCC(=O)N(C)C)NC2CC2)C1.I. The third kappa shape index (κ3) is 6.84. The lowest BCUT2D eigenvalue weighted by molar-refractivity contribution is -0.127. The Labute approximate surface area is 145 Å². The predicted molar refractivity (Wildman–Crippen MR) is 97.1 cm³/mol. The van der Waals surface area contributed by atoms with E-state index in [0.29, 0.717) is 12.1 Å². The van der Waals surface area contributed by atoms with Gasteiger partial charge in [0.05, 0.1) is 0 Å². The summed E-state index contributed by atoms with van der Waals surface area (Å²) in [6, 6.07) is 1.05. The first-order valence-corrected chi connectivity index (χ1v) is 7.82. The van der Waals surface area contributed by atoms with Gasteiger partial charge in [-0.15, -0.1) is 24.0 Å². The van der Waals surface area contributed by atoms with Crippen molar-refractivity contribution in [2.45, 2.75) is 57.5 Å². The van der Waals surface area contributed by atoms with Crippen LogP contribution in [0.25, 0.3) is 0 Å². The number of halogens is 1. The van der Waals surface area contributed by atoms with E-state index in [1.165, 1.54) is 38.5 Å². The van der Waals surface area contributed by atoms with Gasteiger partial charge in [0.2, 0.25) is 5.91 Å². The average Bonchev–Trinajstić information content (AvgIpc) is 3.19. The molecule has 0 heterocycles. The molecule has 2 rings (SSSR count). The predicted octanol–water partition coefficient (Wildman–Crippen LogP) is 1.97. The van der Waals surface area contributed by atoms with Gasteiger partial charge in [-0.1, -0.05) is 19.8 Å². The molecule has 2 unspecified atom stereocenters. The summed E-state index contributed by atoms with van der Waals surface area (Å²) in [6.45, 7) is 2.53. The Morgan fingerprint density at radius 2 is 1.81 bits per heavy atom. The van der Waals surface area contributed by atoms with Crippen molar-refractivity contribution in [1.29, 1.82) is 0 Å². The molecular weight excluding hydrogens is 379 g/mol. The van der Waals surface area contributed by atoms with Crippen molar-refractivity contribution in [3.63, 3.8) is 0 Å². The second-order valence-corrected chi connectivity index (χ2v) is 6.48. The highest BCUT2D eigenvalue weighted by Crippen LogP contribution is 2.24. The third-order valence-corrected chi connectivity index (χ3v) is 4.07. The van der Waals surface area contributed by atoms with Gasteiger partial charge in [0, 0.05) is 26.2 Å². The van der Waals surface area contributed by atoms with Crippen LogP contribution in [0.5, 0.6) is 0 Å². The number of hydrogen-bond donors (Lipinski definition) is 2. The van der Waals surface area contributed by atoms with Gasteiger partial charge in [-0.25, -0.2) is 4.99 Å². The lowest BCUT2D eigenvalue weighted by atomic mass is 9.87. The minimum absolute atomic E-state index is 0. The smallest absolute Gasteiger partial charge is 0.243 e. The van der Waals surface area contributed by atoms with Crippen LogP contribution < -0.4 is 10.6 Å². The Morgan fingerprint density at radius 3 is 2.38 bits per heavy atom. The van der Waals surface area contributed by atoms with Crippen LogP contribution in [0.1, 0.15) is 45.4 Å². The van der Waals surface area contributed by atoms with Crippen molar-refractivity contribution in [1.82, 2.24) is 15.5 Å². The van der Waals surface area contributed by atoms with E-state index in [0.717, 1.165) is 11.9 Å². The van der Waals surface area contributed by atoms with Gasteiger partial charge in [-0.3, -0.25) is 4.79 Å². The van der Waals surface area contributed by atoms with Crippen LogP contribution in [-0.2, 0) is 4.79 Å². The standard InChI is InChI=1S/C15H28N4O.HI/c1-11-5-4-6-13(9-11)18-15(17-12-7-8-12)16-10-14(20)19(2)3;/h11-13H,4-10H2,1-3H3,(H2,16,17,18);1H. The minimum atomic E-state index is 0. The second-order valence-electron chi connectivity index (χ2n) is 6.48. The van der Waals surface area contributed by atoms with E-state index in [4.69, 9.17) is 0 Å². The molecule has 0 spiro atoms. The van der Waals surface area contributed by atoms with Crippen molar-refractivity contribution in [3.05, 3.63) is 0 Å². The first-order chi connectivity index (χ1) is 9.54. The molecule has 6 heteroatoms. The fraction of sp³-hybridized carbons (Fsp3) is 0.867. The molecule has 0 saturated heterocycles. The maximum absolute atomic E-state index is 11.7. The van der Waals surface area contributed by atoms with Crippen molar-refractivity contribution in [3.8, 4) is 0 Å². The normalized spacial score (nSPS) is 25.8. The molecule has 0 aliphatic heterocycles. The Bertz CT molecular complexity index is 369. The van der Waals surface area contributed by atoms with E-state index in [-0.39, 0.29) is 36.4 Å². The van der Waals surface area contributed by atoms with Gasteiger partial charge in [0.15, 0.2) is 5.96 Å². The lowest BCUT2D eigenvalue weighted by Gasteiger charge is -2.29. The molecule has 2 aliphatic rings. The molecule has 0 aromatic carbocycles. The van der Waals surface area contributed by atoms with Crippen LogP contribution in [-0.4, -0.2) is 49.5 Å². The van der Waals surface area contributed by atoms with Crippen molar-refractivity contribution < 1.29 is 4.79 Å². The molecule has 2 atom stereocenters. The zero-order valence-corrected chi connectivity index (χ0v) is 15.7. The molecule has 0 aromatic heterocycles. The fourth-order valence-electron chi connectivity index (χ4n) is 2.60. The molecule has 2 N–H and O–H groups in total. The number of carbonyl (C=O) groups is 1. The van der Waals surface area contributed by atoms with Gasteiger partial charge in [0.25, 0.3) is 0 Å². The van der Waals surface area contributed by atoms with Crippen LogP contribution >= 0.6 is 24.0 Å². The molecule has 122 valence electrons. The minimum Gasteiger partial charge on any atom is -0.354 e. The molecule has 2 aliphatic carbocycles. The van der Waals surface area contributed by atoms with Crippen molar-refractivity contribution >= 4 is 35.8 Å². The topological polar surface area (TPSA) is 56.7 Å². The molecule has 0 aromatic rings. The van der Waals surface area contributed by atoms with Gasteiger partial charge >= 0.3 is 0 Å². The van der Waals surface area contributed by atoms with E-state index in [1.807, 2.05) is 0 Å². The zero-order chi connectivity index (χ0) is 14.5. The van der Waals surface area contributed by atoms with E-state index >= 15 is 0 Å². The zero-order valence-electron chi connectivity index (χ0n) is 13.4. The van der Waals surface area contributed by atoms with Crippen LogP contribution in [0, 0.1) is 5.92 Å². The van der Waals surface area contributed by atoms with Gasteiger partial charge < -0.3 is 15.5 Å². The highest BCUT2D eigenvalue weighted by atomic mass is 127. The molecule has 1 amide bonds. The highest BCUT2D eigenvalue weighted by molar-refractivity contribution is 14.0. The average molecular weight is 408 g/mol. The van der Waals surface area contributed by atoms with E-state index in [1.54, 1.807) is 19.0 Å². The summed E-state index contributed by atoms with van der Waals surface area (Å²) >= 11 is 0. The van der Waals surface area contributed by atoms with E-state index in [9.17, 15) is 4.79 Å². The molecule has 5 nitrogen and oxygen atoms in total. The summed E-state index contributed by atoms with van der Waals surface area (Å²) in [5, 5.41) is 6.94. The Kier molecular flexibility index (Phi) is 7.76. The molecule has 0 radical (unpaired) electrons. The van der Waals surface area contributed by atoms with Crippen molar-refractivity contribution in [2.24, 2.45) is 10.9 Å². The first-order valence-electron chi connectivity index (χ1n) is 7.82. The largest absolute Gasteiger partial charge is 0.354 e. The first kappa shape index (κ1) is 18.5. The van der Waals surface area contributed by atoms with Crippen LogP contribution in [0.2, 0.25) is 0 Å². The number of guanidine groups is 1. The number of aliphatic imine (C=N–C) groups is 1. The number of rotatable bonds is 4. The number of hydrogen-bond acceptors (Lipinski definition) is 2. The number of nitrogens with zero attached hydrogens (tertiary/aromatic N) is 2. The Balaban J connectivity index is 0.00000220. The van der Waals surface area contributed by atoms with Crippen LogP contribution in [0.15, 0.2) is 4.99 Å². The maximum Gasteiger partial charge on any atom is 0.243 e. The fourth-order valence-corrected chi connectivity index (χ4v) is 2.60. The maximum atomic E-state index is 11.7. The molecular formula is C15H29IN4O. The quantitative estimate of drug-likeness (QED) is 0.425. The van der Waals surface area contributed by atoms with Gasteiger partial charge in [-0.2, -0.15) is 0 Å². The van der Waals surface area contributed by atoms with Gasteiger partial charge in [-0.05, 0) is 31.6 Å². The summed E-state index contributed by atoms with van der Waals surface area (Å²) in [4.78, 5) is 17.7. The number of carbonyl (C=O) groups excluding carboxylic acids is 1. The Morgan fingerprint density at radius 1 is 1.14 bits per heavy atom. The molecule has 2 fully saturated rings.